The van der Waals surface area contributed by atoms with Gasteiger partial charge in [0, 0.05) is 0 Å². The number of aromatic amines is 1. The van der Waals surface area contributed by atoms with E-state index in [1.165, 1.54) is 70.6 Å². The van der Waals surface area contributed by atoms with Crippen LogP contribution in [0.4, 0.5) is 0 Å². The summed E-state index contributed by atoms with van der Waals surface area (Å²) in [6.45, 7) is 3.04. The Balaban J connectivity index is 1.29. The van der Waals surface area contributed by atoms with Crippen LogP contribution in [0.1, 0.15) is 95.2 Å². The van der Waals surface area contributed by atoms with Crippen LogP contribution in [-0.2, 0) is 0 Å². The fraction of sp³-hybridized carbons (Fsp3) is 0.467. The van der Waals surface area contributed by atoms with Gasteiger partial charge in [-0.2, -0.15) is 0 Å². The van der Waals surface area contributed by atoms with E-state index in [2.05, 4.69) is 16.9 Å². The minimum absolute atomic E-state index is 0.183. The predicted octanol–water partition coefficient (Wildman–Crippen LogP) is 8.17. The van der Waals surface area contributed by atoms with Crippen LogP contribution in [0.3, 0.4) is 0 Å². The number of aromatic nitrogens is 2. The number of nitrogens with zero attached hydrogens (tertiary/aromatic N) is 1. The molecule has 0 saturated carbocycles. The first-order chi connectivity index (χ1) is 16.8. The molecule has 0 aliphatic rings. The maximum absolute atomic E-state index is 12.2. The van der Waals surface area contributed by atoms with Crippen LogP contribution in [0.5, 0.6) is 5.75 Å². The quantitative estimate of drug-likeness (QED) is 0.219. The van der Waals surface area contributed by atoms with Crippen LogP contribution < -0.4 is 10.3 Å². The molecule has 4 heteroatoms. The van der Waals surface area contributed by atoms with Gasteiger partial charge in [0.05, 0.1) is 17.6 Å². The molecule has 2 aromatic carbocycles. The summed E-state index contributed by atoms with van der Waals surface area (Å²) in [4.78, 5) is 19.5. The lowest BCUT2D eigenvalue weighted by Gasteiger charge is -2.06. The van der Waals surface area contributed by atoms with Gasteiger partial charge < -0.3 is 9.72 Å². The van der Waals surface area contributed by atoms with Crippen molar-refractivity contribution in [2.24, 2.45) is 0 Å². The molecule has 3 rings (SSSR count). The van der Waals surface area contributed by atoms with Crippen molar-refractivity contribution in [3.63, 3.8) is 0 Å². The predicted molar refractivity (Wildman–Crippen MR) is 144 cm³/mol. The van der Waals surface area contributed by atoms with Crippen LogP contribution in [0.15, 0.2) is 53.3 Å². The standard InChI is InChI=1S/C30H40N2O2/c1-2-3-4-5-6-7-8-9-10-11-12-15-24-34-26-21-18-25(19-22-26)20-23-29-30(33)32-28-17-14-13-16-27(28)31-29/h13-14,16-23H,2-12,15,24H2,1H3,(H,32,33)/b23-20+. The molecule has 0 amide bonds. The molecule has 1 aromatic heterocycles. The third kappa shape index (κ3) is 9.17. The number of fused-ring (bicyclic) bond motifs is 1. The van der Waals surface area contributed by atoms with Crippen LogP contribution in [0, 0.1) is 0 Å². The Kier molecular flexibility index (Phi) is 11.4. The molecule has 1 N–H and O–H groups in total. The van der Waals surface area contributed by atoms with E-state index in [4.69, 9.17) is 4.74 Å². The molecule has 0 fully saturated rings. The molecular formula is C30H40N2O2. The van der Waals surface area contributed by atoms with E-state index in [1.54, 1.807) is 6.08 Å². The maximum Gasteiger partial charge on any atom is 0.274 e. The fourth-order valence-corrected chi connectivity index (χ4v) is 4.14. The monoisotopic (exact) mass is 460 g/mol. The zero-order chi connectivity index (χ0) is 23.8. The highest BCUT2D eigenvalue weighted by atomic mass is 16.5. The van der Waals surface area contributed by atoms with Crippen molar-refractivity contribution in [3.8, 4) is 5.75 Å². The van der Waals surface area contributed by atoms with Crippen LogP contribution in [0.2, 0.25) is 0 Å². The number of nitrogens with one attached hydrogen (secondary N) is 1. The lowest BCUT2D eigenvalue weighted by molar-refractivity contribution is 0.304. The molecule has 0 aliphatic heterocycles. The molecule has 0 saturated heterocycles. The first kappa shape index (κ1) is 25.7. The van der Waals surface area contributed by atoms with Gasteiger partial charge >= 0.3 is 0 Å². The highest BCUT2D eigenvalue weighted by Crippen LogP contribution is 2.16. The van der Waals surface area contributed by atoms with Crippen molar-refractivity contribution < 1.29 is 4.74 Å². The van der Waals surface area contributed by atoms with Crippen molar-refractivity contribution in [1.82, 2.24) is 9.97 Å². The highest BCUT2D eigenvalue weighted by Gasteiger charge is 2.01. The number of unbranched alkanes of at least 4 members (excludes halogenated alkanes) is 11. The Morgan fingerprint density at radius 3 is 2.06 bits per heavy atom. The summed E-state index contributed by atoms with van der Waals surface area (Å²) in [6, 6.07) is 15.5. The van der Waals surface area contributed by atoms with Gasteiger partial charge in [-0.25, -0.2) is 4.98 Å². The maximum atomic E-state index is 12.2. The van der Waals surface area contributed by atoms with Gasteiger partial charge in [0.15, 0.2) is 0 Å². The summed E-state index contributed by atoms with van der Waals surface area (Å²) in [5.41, 5.74) is 2.76. The fourth-order valence-electron chi connectivity index (χ4n) is 4.14. The second kappa shape index (κ2) is 15.1. The van der Waals surface area contributed by atoms with E-state index in [9.17, 15) is 4.79 Å². The second-order valence-electron chi connectivity index (χ2n) is 9.11. The first-order valence-electron chi connectivity index (χ1n) is 13.2. The molecule has 0 aliphatic carbocycles. The van der Waals surface area contributed by atoms with Crippen molar-refractivity contribution in [2.75, 3.05) is 6.61 Å². The largest absolute Gasteiger partial charge is 0.494 e. The summed E-state index contributed by atoms with van der Waals surface area (Å²) in [5.74, 6) is 0.891. The van der Waals surface area contributed by atoms with E-state index in [-0.39, 0.29) is 5.56 Å². The van der Waals surface area contributed by atoms with Gasteiger partial charge in [0.25, 0.3) is 5.56 Å². The molecule has 4 nitrogen and oxygen atoms in total. The lowest BCUT2D eigenvalue weighted by atomic mass is 10.1. The molecule has 3 aromatic rings. The normalized spacial score (nSPS) is 11.4. The van der Waals surface area contributed by atoms with Gasteiger partial charge in [0.2, 0.25) is 0 Å². The molecule has 0 atom stereocenters. The SMILES string of the molecule is CCCCCCCCCCCCCCOc1ccc(/C=C/c2nc3ccccc3[nH]c2=O)cc1. The zero-order valence-corrected chi connectivity index (χ0v) is 20.7. The summed E-state index contributed by atoms with van der Waals surface area (Å²) in [6.07, 6.45) is 19.8. The van der Waals surface area contributed by atoms with Gasteiger partial charge in [-0.1, -0.05) is 108 Å². The van der Waals surface area contributed by atoms with Gasteiger partial charge in [0.1, 0.15) is 11.4 Å². The zero-order valence-electron chi connectivity index (χ0n) is 20.7. The molecular weight excluding hydrogens is 420 g/mol. The number of benzene rings is 2. The summed E-state index contributed by atoms with van der Waals surface area (Å²) in [7, 11) is 0. The molecule has 182 valence electrons. The molecule has 34 heavy (non-hydrogen) atoms. The molecule has 0 radical (unpaired) electrons. The molecule has 1 heterocycles. The number of H-pyrrole nitrogens is 1. The topological polar surface area (TPSA) is 55.0 Å². The van der Waals surface area contributed by atoms with E-state index in [1.807, 2.05) is 54.6 Å². The first-order valence-corrected chi connectivity index (χ1v) is 13.2. The van der Waals surface area contributed by atoms with E-state index in [0.717, 1.165) is 35.4 Å². The van der Waals surface area contributed by atoms with Gasteiger partial charge in [-0.3, -0.25) is 4.79 Å². The van der Waals surface area contributed by atoms with E-state index >= 15 is 0 Å². The average molecular weight is 461 g/mol. The number of hydrogen-bond donors (Lipinski definition) is 1. The van der Waals surface area contributed by atoms with Crippen LogP contribution in [0.25, 0.3) is 23.2 Å². The highest BCUT2D eigenvalue weighted by molar-refractivity contribution is 5.76. The van der Waals surface area contributed by atoms with Gasteiger partial charge in [-0.15, -0.1) is 0 Å². The smallest absolute Gasteiger partial charge is 0.274 e. The molecule has 0 spiro atoms. The number of para-hydroxylation sites is 2. The Morgan fingerprint density at radius 2 is 1.38 bits per heavy atom. The Hall–Kier alpha value is -2.88. The van der Waals surface area contributed by atoms with Crippen LogP contribution in [-0.4, -0.2) is 16.6 Å². The third-order valence-corrected chi connectivity index (χ3v) is 6.21. The summed E-state index contributed by atoms with van der Waals surface area (Å²) >= 11 is 0. The van der Waals surface area contributed by atoms with Crippen molar-refractivity contribution in [2.45, 2.75) is 84.0 Å². The summed E-state index contributed by atoms with van der Waals surface area (Å²) in [5, 5.41) is 0. The number of rotatable bonds is 16. The Bertz CT molecular complexity index is 1050. The number of hydrogen-bond acceptors (Lipinski definition) is 3. The third-order valence-electron chi connectivity index (χ3n) is 6.21. The van der Waals surface area contributed by atoms with Crippen molar-refractivity contribution in [3.05, 3.63) is 70.1 Å². The Labute approximate surface area is 204 Å². The Morgan fingerprint density at radius 1 is 0.765 bits per heavy atom. The summed E-state index contributed by atoms with van der Waals surface area (Å²) < 4.78 is 5.89. The van der Waals surface area contributed by atoms with E-state index in [0.29, 0.717) is 5.69 Å². The van der Waals surface area contributed by atoms with Gasteiger partial charge in [-0.05, 0) is 42.3 Å². The van der Waals surface area contributed by atoms with Crippen LogP contribution >= 0.6 is 0 Å². The molecule has 0 bridgehead atoms. The van der Waals surface area contributed by atoms with Crippen molar-refractivity contribution >= 4 is 23.2 Å². The lowest BCUT2D eigenvalue weighted by Crippen LogP contribution is -2.11. The van der Waals surface area contributed by atoms with Crippen molar-refractivity contribution in [1.29, 1.82) is 0 Å². The molecule has 0 unspecified atom stereocenters. The van der Waals surface area contributed by atoms with E-state index < -0.39 is 0 Å². The minimum atomic E-state index is -0.183. The number of ether oxygens (including phenoxy) is 1. The minimum Gasteiger partial charge on any atom is -0.494 e. The average Bonchev–Trinajstić information content (AvgIpc) is 2.86. The second-order valence-corrected chi connectivity index (χ2v) is 9.11.